The Morgan fingerprint density at radius 3 is 2.93 bits per heavy atom. The van der Waals surface area contributed by atoms with Crippen LogP contribution in [0.2, 0.25) is 0 Å². The fourth-order valence-corrected chi connectivity index (χ4v) is 3.35. The summed E-state index contributed by atoms with van der Waals surface area (Å²) < 4.78 is 6.58. The number of terminal acetylenes is 1. The van der Waals surface area contributed by atoms with E-state index < -0.39 is 17.5 Å². The van der Waals surface area contributed by atoms with E-state index in [1.807, 2.05) is 0 Å². The molecule has 1 saturated heterocycles. The van der Waals surface area contributed by atoms with Crippen molar-refractivity contribution in [2.45, 2.75) is 38.6 Å². The van der Waals surface area contributed by atoms with Gasteiger partial charge in [0.05, 0.1) is 11.1 Å². The third-order valence-corrected chi connectivity index (χ3v) is 4.75. The van der Waals surface area contributed by atoms with Crippen molar-refractivity contribution in [3.8, 4) is 12.3 Å². The van der Waals surface area contributed by atoms with Gasteiger partial charge < -0.3 is 10.1 Å². The maximum atomic E-state index is 13.1. The normalized spacial score (nSPS) is 16.2. The molecular weight excluding hydrogens is 388 g/mol. The number of imide groups is 1. The summed E-state index contributed by atoms with van der Waals surface area (Å²) in [5, 5.41) is 5.22. The third-order valence-electron chi connectivity index (χ3n) is 4.75. The van der Waals surface area contributed by atoms with Gasteiger partial charge >= 0.3 is 0 Å². The van der Waals surface area contributed by atoms with E-state index in [2.05, 4.69) is 21.5 Å². The number of para-hydroxylation sites is 1. The zero-order valence-electron chi connectivity index (χ0n) is 16.6. The number of fused-ring (bicyclic) bond motifs is 1. The number of aromatic nitrogens is 2. The van der Waals surface area contributed by atoms with Gasteiger partial charge in [-0.05, 0) is 31.9 Å². The highest BCUT2D eigenvalue weighted by molar-refractivity contribution is 6.01. The summed E-state index contributed by atoms with van der Waals surface area (Å²) in [5.74, 6) is 1.55. The number of anilines is 1. The van der Waals surface area contributed by atoms with E-state index in [9.17, 15) is 19.2 Å². The van der Waals surface area contributed by atoms with Crippen molar-refractivity contribution in [3.05, 3.63) is 34.4 Å². The highest BCUT2D eigenvalue weighted by atomic mass is 16.5. The van der Waals surface area contributed by atoms with Crippen molar-refractivity contribution in [3.63, 3.8) is 0 Å². The molecule has 9 heteroatoms. The molecule has 2 aromatic rings. The van der Waals surface area contributed by atoms with Gasteiger partial charge in [-0.1, -0.05) is 6.07 Å². The number of hydrogen-bond donors (Lipinski definition) is 2. The van der Waals surface area contributed by atoms with E-state index in [1.54, 1.807) is 25.1 Å². The molecule has 1 fully saturated rings. The van der Waals surface area contributed by atoms with Gasteiger partial charge in [0.1, 0.15) is 24.0 Å². The Kier molecular flexibility index (Phi) is 6.59. The minimum absolute atomic E-state index is 0.146. The molecule has 9 nitrogen and oxygen atoms in total. The largest absolute Gasteiger partial charge is 0.372 e. The maximum Gasteiger partial charge on any atom is 0.262 e. The molecule has 1 aliphatic heterocycles. The van der Waals surface area contributed by atoms with Crippen LogP contribution in [-0.4, -0.2) is 40.5 Å². The maximum absolute atomic E-state index is 13.1. The van der Waals surface area contributed by atoms with Crippen LogP contribution in [0.5, 0.6) is 0 Å². The van der Waals surface area contributed by atoms with Crippen molar-refractivity contribution < 1.29 is 19.1 Å². The average molecular weight is 410 g/mol. The number of carbonyl (C=O) groups is 3. The summed E-state index contributed by atoms with van der Waals surface area (Å²) in [4.78, 5) is 53.4. The van der Waals surface area contributed by atoms with Gasteiger partial charge in [-0.25, -0.2) is 4.98 Å². The van der Waals surface area contributed by atoms with E-state index in [-0.39, 0.29) is 36.6 Å². The second kappa shape index (κ2) is 9.33. The van der Waals surface area contributed by atoms with Gasteiger partial charge in [-0.2, -0.15) is 0 Å². The van der Waals surface area contributed by atoms with E-state index >= 15 is 0 Å². The van der Waals surface area contributed by atoms with Crippen molar-refractivity contribution in [2.24, 2.45) is 0 Å². The average Bonchev–Trinajstić information content (AvgIpc) is 2.70. The van der Waals surface area contributed by atoms with Crippen LogP contribution in [0.3, 0.4) is 0 Å². The summed E-state index contributed by atoms with van der Waals surface area (Å²) in [6.45, 7) is 1.84. The molecule has 0 saturated carbocycles. The highest BCUT2D eigenvalue weighted by Crippen LogP contribution is 2.23. The molecule has 1 aromatic carbocycles. The molecule has 0 bridgehead atoms. The van der Waals surface area contributed by atoms with Crippen LogP contribution < -0.4 is 16.2 Å². The smallest absolute Gasteiger partial charge is 0.262 e. The SMILES string of the molecule is C#CCCCOCC(=O)Nc1cccc2c(=O)n(C3CCC(=O)NC3=O)c(C)nc12. The Hall–Kier alpha value is -3.51. The van der Waals surface area contributed by atoms with E-state index in [4.69, 9.17) is 11.2 Å². The van der Waals surface area contributed by atoms with Crippen LogP contribution in [0.1, 0.15) is 37.5 Å². The van der Waals surface area contributed by atoms with Crippen molar-refractivity contribution in [1.29, 1.82) is 0 Å². The van der Waals surface area contributed by atoms with Gasteiger partial charge in [0.2, 0.25) is 17.7 Å². The molecule has 0 aliphatic carbocycles. The van der Waals surface area contributed by atoms with Gasteiger partial charge in [0.25, 0.3) is 5.56 Å². The first-order chi connectivity index (χ1) is 14.4. The first kappa shape index (κ1) is 21.2. The van der Waals surface area contributed by atoms with Crippen molar-refractivity contribution in [1.82, 2.24) is 14.9 Å². The van der Waals surface area contributed by atoms with Crippen LogP contribution in [0.25, 0.3) is 10.9 Å². The summed E-state index contributed by atoms with van der Waals surface area (Å²) in [6.07, 6.45) is 6.79. The molecule has 3 amide bonds. The zero-order valence-corrected chi connectivity index (χ0v) is 16.6. The summed E-state index contributed by atoms with van der Waals surface area (Å²) in [6, 6.07) is 4.04. The number of nitrogens with zero attached hydrogens (tertiary/aromatic N) is 2. The Balaban J connectivity index is 1.85. The lowest BCUT2D eigenvalue weighted by Crippen LogP contribution is -2.45. The molecule has 1 aromatic heterocycles. The van der Waals surface area contributed by atoms with E-state index in [0.29, 0.717) is 36.5 Å². The molecule has 0 radical (unpaired) electrons. The third kappa shape index (κ3) is 4.55. The molecule has 2 N–H and O–H groups in total. The lowest BCUT2D eigenvalue weighted by Gasteiger charge is -2.24. The second-order valence-electron chi connectivity index (χ2n) is 6.91. The number of piperidine rings is 1. The highest BCUT2D eigenvalue weighted by Gasteiger charge is 2.30. The predicted molar refractivity (Wildman–Crippen MR) is 110 cm³/mol. The Morgan fingerprint density at radius 2 is 2.20 bits per heavy atom. The van der Waals surface area contributed by atoms with Crippen LogP contribution in [0, 0.1) is 19.3 Å². The molecule has 3 rings (SSSR count). The number of rotatable bonds is 7. The fraction of sp³-hybridized carbons (Fsp3) is 0.381. The standard InChI is InChI=1S/C21H22N4O5/c1-3-4-5-11-30-12-18(27)23-15-8-6-7-14-19(15)22-13(2)25(21(14)29)16-9-10-17(26)24-20(16)28/h1,6-8,16H,4-5,9-12H2,2H3,(H,23,27)(H,24,26,28). The Labute approximate surface area is 172 Å². The number of unbranched alkanes of at least 4 members (excludes halogenated alkanes) is 1. The number of ether oxygens (including phenoxy) is 1. The van der Waals surface area contributed by atoms with Crippen LogP contribution in [-0.2, 0) is 19.1 Å². The molecule has 0 spiro atoms. The van der Waals surface area contributed by atoms with E-state index in [1.165, 1.54) is 4.57 Å². The molecule has 1 atom stereocenters. The zero-order chi connectivity index (χ0) is 21.7. The number of aryl methyl sites for hydroxylation is 1. The van der Waals surface area contributed by atoms with Gasteiger partial charge in [-0.3, -0.25) is 29.1 Å². The molecule has 156 valence electrons. The summed E-state index contributed by atoms with van der Waals surface area (Å²) in [5.41, 5.74) is 0.290. The number of amides is 3. The number of carbonyl (C=O) groups excluding carboxylic acids is 3. The Morgan fingerprint density at radius 1 is 1.40 bits per heavy atom. The molecule has 30 heavy (non-hydrogen) atoms. The lowest BCUT2D eigenvalue weighted by molar-refractivity contribution is -0.135. The topological polar surface area (TPSA) is 119 Å². The van der Waals surface area contributed by atoms with Crippen molar-refractivity contribution in [2.75, 3.05) is 18.5 Å². The van der Waals surface area contributed by atoms with Crippen LogP contribution in [0.15, 0.2) is 23.0 Å². The second-order valence-corrected chi connectivity index (χ2v) is 6.91. The minimum Gasteiger partial charge on any atom is -0.372 e. The van der Waals surface area contributed by atoms with E-state index in [0.717, 1.165) is 0 Å². The number of hydrogen-bond acceptors (Lipinski definition) is 6. The van der Waals surface area contributed by atoms with Crippen LogP contribution >= 0.6 is 0 Å². The summed E-state index contributed by atoms with van der Waals surface area (Å²) >= 11 is 0. The number of nitrogens with one attached hydrogen (secondary N) is 2. The molecule has 1 aliphatic rings. The molecular formula is C21H22N4O5. The van der Waals surface area contributed by atoms with Gasteiger partial charge in [0, 0.05) is 19.4 Å². The fourth-order valence-electron chi connectivity index (χ4n) is 3.35. The summed E-state index contributed by atoms with van der Waals surface area (Å²) in [7, 11) is 0. The Bertz CT molecular complexity index is 1100. The quantitative estimate of drug-likeness (QED) is 0.400. The van der Waals surface area contributed by atoms with Gasteiger partial charge in [0.15, 0.2) is 0 Å². The molecule has 2 heterocycles. The predicted octanol–water partition coefficient (Wildman–Crippen LogP) is 1.05. The lowest BCUT2D eigenvalue weighted by atomic mass is 10.1. The van der Waals surface area contributed by atoms with Gasteiger partial charge in [-0.15, -0.1) is 12.3 Å². The van der Waals surface area contributed by atoms with Crippen molar-refractivity contribution >= 4 is 34.3 Å². The van der Waals surface area contributed by atoms with Crippen LogP contribution in [0.4, 0.5) is 5.69 Å². The number of benzene rings is 1. The first-order valence-electron chi connectivity index (χ1n) is 9.59. The molecule has 1 unspecified atom stereocenters. The monoisotopic (exact) mass is 410 g/mol. The minimum atomic E-state index is -0.804. The first-order valence-corrected chi connectivity index (χ1v) is 9.59.